The molecule has 7 heteroatoms. The molecule has 0 aromatic heterocycles. The molecule has 6 nitrogen and oxygen atoms in total. The molecule has 3 rings (SSSR count). The summed E-state index contributed by atoms with van der Waals surface area (Å²) in [6.45, 7) is 4.64. The standard InChI is InChI=1S/C18H23N3O3S/c1-18(2,11-19)12-20(3)16(22)10-21-14-8-4-6-13-7-5-9-15(17(13)14)25(21,23)24/h4-9H,10-12,19H2,1-3H3. The lowest BCUT2D eigenvalue weighted by Gasteiger charge is -2.30. The van der Waals surface area contributed by atoms with Crippen molar-refractivity contribution in [3.63, 3.8) is 0 Å². The van der Waals surface area contributed by atoms with Crippen molar-refractivity contribution in [1.29, 1.82) is 0 Å². The van der Waals surface area contributed by atoms with Gasteiger partial charge in [-0.2, -0.15) is 0 Å². The van der Waals surface area contributed by atoms with E-state index in [2.05, 4.69) is 0 Å². The van der Waals surface area contributed by atoms with Crippen molar-refractivity contribution in [1.82, 2.24) is 4.90 Å². The van der Waals surface area contributed by atoms with Crippen LogP contribution in [0.2, 0.25) is 0 Å². The summed E-state index contributed by atoms with van der Waals surface area (Å²) < 4.78 is 27.0. The molecule has 0 saturated carbocycles. The second-order valence-electron chi connectivity index (χ2n) is 7.26. The molecule has 1 amide bonds. The molecule has 0 fully saturated rings. The van der Waals surface area contributed by atoms with E-state index in [1.165, 1.54) is 4.31 Å². The highest BCUT2D eigenvalue weighted by molar-refractivity contribution is 7.93. The summed E-state index contributed by atoms with van der Waals surface area (Å²) >= 11 is 0. The van der Waals surface area contributed by atoms with Gasteiger partial charge in [-0.3, -0.25) is 9.10 Å². The molecule has 0 aliphatic carbocycles. The van der Waals surface area contributed by atoms with E-state index in [1.807, 2.05) is 26.0 Å². The largest absolute Gasteiger partial charge is 0.344 e. The van der Waals surface area contributed by atoms with Crippen molar-refractivity contribution in [3.05, 3.63) is 36.4 Å². The summed E-state index contributed by atoms with van der Waals surface area (Å²) in [5.74, 6) is -0.255. The lowest BCUT2D eigenvalue weighted by molar-refractivity contribution is -0.129. The first-order valence-corrected chi connectivity index (χ1v) is 9.60. The summed E-state index contributed by atoms with van der Waals surface area (Å²) in [4.78, 5) is 14.4. The third-order valence-corrected chi connectivity index (χ3v) is 6.41. The topological polar surface area (TPSA) is 83.7 Å². The van der Waals surface area contributed by atoms with E-state index in [0.29, 0.717) is 24.2 Å². The summed E-state index contributed by atoms with van der Waals surface area (Å²) in [7, 11) is -2.04. The summed E-state index contributed by atoms with van der Waals surface area (Å²) in [5, 5.41) is 1.54. The predicted molar refractivity (Wildman–Crippen MR) is 99.0 cm³/mol. The van der Waals surface area contributed by atoms with Crippen LogP contribution in [-0.4, -0.2) is 45.9 Å². The second kappa shape index (κ2) is 6.00. The molecule has 0 radical (unpaired) electrons. The lowest BCUT2D eigenvalue weighted by Crippen LogP contribution is -2.44. The minimum absolute atomic E-state index is 0.215. The molecule has 25 heavy (non-hydrogen) atoms. The molecule has 1 aliphatic rings. The zero-order valence-electron chi connectivity index (χ0n) is 14.7. The number of sulfonamides is 1. The van der Waals surface area contributed by atoms with Gasteiger partial charge in [-0.15, -0.1) is 0 Å². The van der Waals surface area contributed by atoms with Crippen LogP contribution in [-0.2, 0) is 14.8 Å². The van der Waals surface area contributed by atoms with Gasteiger partial charge >= 0.3 is 0 Å². The summed E-state index contributed by atoms with van der Waals surface area (Å²) in [5.41, 5.74) is 6.06. The van der Waals surface area contributed by atoms with E-state index in [-0.39, 0.29) is 22.8 Å². The van der Waals surface area contributed by atoms with Gasteiger partial charge in [0.2, 0.25) is 5.91 Å². The van der Waals surface area contributed by atoms with Crippen molar-refractivity contribution < 1.29 is 13.2 Å². The van der Waals surface area contributed by atoms with E-state index in [0.717, 1.165) is 5.39 Å². The number of amides is 1. The number of carbonyl (C=O) groups excluding carboxylic acids is 1. The molecule has 0 atom stereocenters. The number of rotatable bonds is 5. The second-order valence-corrected chi connectivity index (χ2v) is 9.09. The molecular weight excluding hydrogens is 338 g/mol. The average Bonchev–Trinajstić information content (AvgIpc) is 2.78. The van der Waals surface area contributed by atoms with Crippen LogP contribution in [0.1, 0.15) is 13.8 Å². The Morgan fingerprint density at radius 2 is 1.84 bits per heavy atom. The first kappa shape index (κ1) is 17.7. The van der Waals surface area contributed by atoms with Gasteiger partial charge in [-0.1, -0.05) is 38.1 Å². The fourth-order valence-corrected chi connectivity index (χ4v) is 4.83. The van der Waals surface area contributed by atoms with Gasteiger partial charge in [0, 0.05) is 19.0 Å². The molecule has 0 unspecified atom stereocenters. The number of hydrogen-bond acceptors (Lipinski definition) is 4. The first-order valence-electron chi connectivity index (χ1n) is 8.16. The van der Waals surface area contributed by atoms with Crippen LogP contribution in [0.3, 0.4) is 0 Å². The summed E-state index contributed by atoms with van der Waals surface area (Å²) in [6.07, 6.45) is 0. The summed E-state index contributed by atoms with van der Waals surface area (Å²) in [6, 6.07) is 10.6. The fourth-order valence-electron chi connectivity index (χ4n) is 3.17. The van der Waals surface area contributed by atoms with Crippen molar-refractivity contribution in [3.8, 4) is 0 Å². The van der Waals surface area contributed by atoms with Crippen LogP contribution in [0.4, 0.5) is 5.69 Å². The number of benzene rings is 2. The highest BCUT2D eigenvalue weighted by atomic mass is 32.2. The number of hydrogen-bond donors (Lipinski definition) is 1. The Hall–Kier alpha value is -2.12. The van der Waals surface area contributed by atoms with Gasteiger partial charge in [0.05, 0.1) is 10.6 Å². The Morgan fingerprint density at radius 3 is 2.48 bits per heavy atom. The van der Waals surface area contributed by atoms with Crippen LogP contribution in [0.5, 0.6) is 0 Å². The van der Waals surface area contributed by atoms with Crippen molar-refractivity contribution >= 4 is 32.4 Å². The smallest absolute Gasteiger partial charge is 0.265 e. The van der Waals surface area contributed by atoms with E-state index in [4.69, 9.17) is 5.73 Å². The minimum Gasteiger partial charge on any atom is -0.344 e. The van der Waals surface area contributed by atoms with E-state index >= 15 is 0 Å². The van der Waals surface area contributed by atoms with Gasteiger partial charge in [-0.25, -0.2) is 8.42 Å². The molecule has 1 aliphatic heterocycles. The van der Waals surface area contributed by atoms with Crippen LogP contribution in [0.15, 0.2) is 41.3 Å². The Labute approximate surface area is 148 Å². The molecule has 134 valence electrons. The lowest BCUT2D eigenvalue weighted by atomic mass is 9.93. The quantitative estimate of drug-likeness (QED) is 0.880. The van der Waals surface area contributed by atoms with E-state index in [1.54, 1.807) is 36.2 Å². The van der Waals surface area contributed by atoms with E-state index in [9.17, 15) is 13.2 Å². The van der Waals surface area contributed by atoms with E-state index < -0.39 is 10.0 Å². The maximum Gasteiger partial charge on any atom is 0.265 e. The maximum atomic E-state index is 12.9. The van der Waals surface area contributed by atoms with Gasteiger partial charge in [0.1, 0.15) is 6.54 Å². The SMILES string of the molecule is CN(CC(C)(C)CN)C(=O)CN1c2cccc3cccc(c23)S1(=O)=O. The number of anilines is 1. The molecular formula is C18H23N3O3S. The monoisotopic (exact) mass is 361 g/mol. The average molecular weight is 361 g/mol. The number of nitrogens with zero attached hydrogens (tertiary/aromatic N) is 2. The minimum atomic E-state index is -3.72. The van der Waals surface area contributed by atoms with Crippen LogP contribution in [0, 0.1) is 5.41 Å². The maximum absolute atomic E-state index is 12.9. The fraction of sp³-hybridized carbons (Fsp3) is 0.389. The predicted octanol–water partition coefficient (Wildman–Crippen LogP) is 1.79. The number of nitrogens with two attached hydrogens (primary N) is 1. The molecule has 2 aromatic carbocycles. The van der Waals surface area contributed by atoms with Gasteiger partial charge in [-0.05, 0) is 29.5 Å². The van der Waals surface area contributed by atoms with Gasteiger partial charge in [0.15, 0.2) is 0 Å². The number of likely N-dealkylation sites (N-methyl/N-ethyl adjacent to an activating group) is 1. The Kier molecular flexibility index (Phi) is 4.25. The molecule has 0 bridgehead atoms. The third kappa shape index (κ3) is 2.98. The van der Waals surface area contributed by atoms with Crippen molar-refractivity contribution in [2.45, 2.75) is 18.7 Å². The van der Waals surface area contributed by atoms with Crippen LogP contribution >= 0.6 is 0 Å². The van der Waals surface area contributed by atoms with Gasteiger partial charge in [0.25, 0.3) is 10.0 Å². The third-order valence-electron chi connectivity index (χ3n) is 4.60. The zero-order valence-corrected chi connectivity index (χ0v) is 15.5. The molecule has 0 saturated heterocycles. The zero-order chi connectivity index (χ0) is 18.4. The highest BCUT2D eigenvalue weighted by Gasteiger charge is 2.37. The normalized spacial score (nSPS) is 15.6. The Balaban J connectivity index is 1.92. The van der Waals surface area contributed by atoms with Crippen LogP contribution < -0.4 is 10.0 Å². The van der Waals surface area contributed by atoms with Crippen molar-refractivity contribution in [2.24, 2.45) is 11.1 Å². The van der Waals surface area contributed by atoms with Crippen LogP contribution in [0.25, 0.3) is 10.8 Å². The number of carbonyl (C=O) groups is 1. The van der Waals surface area contributed by atoms with Crippen molar-refractivity contribution in [2.75, 3.05) is 31.0 Å². The molecule has 2 aromatic rings. The first-order chi connectivity index (χ1) is 11.7. The van der Waals surface area contributed by atoms with Gasteiger partial charge < -0.3 is 10.6 Å². The molecule has 1 heterocycles. The molecule has 0 spiro atoms. The molecule has 2 N–H and O–H groups in total. The Morgan fingerprint density at radius 1 is 1.20 bits per heavy atom. The highest BCUT2D eigenvalue weighted by Crippen LogP contribution is 2.41. The Bertz CT molecular complexity index is 932.